The van der Waals surface area contributed by atoms with Crippen molar-refractivity contribution in [3.8, 4) is 0 Å². The monoisotopic (exact) mass is 392 g/mol. The number of hydrogen-bond donors (Lipinski definition) is 1. The zero-order chi connectivity index (χ0) is 17.9. The first-order valence-corrected chi connectivity index (χ1v) is 8.95. The molecule has 1 saturated carbocycles. The van der Waals surface area contributed by atoms with Crippen molar-refractivity contribution in [2.75, 3.05) is 0 Å². The molecule has 5 nitrogen and oxygen atoms in total. The van der Waals surface area contributed by atoms with E-state index in [9.17, 15) is 9.59 Å². The minimum absolute atomic E-state index is 0.0217. The summed E-state index contributed by atoms with van der Waals surface area (Å²) in [6.07, 6.45) is 4.54. The van der Waals surface area contributed by atoms with Crippen molar-refractivity contribution in [3.63, 3.8) is 0 Å². The van der Waals surface area contributed by atoms with Crippen LogP contribution in [0.4, 0.5) is 0 Å². The van der Waals surface area contributed by atoms with Crippen LogP contribution in [0.5, 0.6) is 0 Å². The zero-order valence-corrected chi connectivity index (χ0v) is 15.7. The van der Waals surface area contributed by atoms with E-state index in [-0.39, 0.29) is 32.7 Å². The maximum absolute atomic E-state index is 12.2. The van der Waals surface area contributed by atoms with Crippen molar-refractivity contribution in [1.29, 1.82) is 0 Å². The van der Waals surface area contributed by atoms with E-state index in [2.05, 4.69) is 17.2 Å². The Morgan fingerprint density at radius 2 is 1.92 bits per heavy atom. The second-order valence-corrected chi connectivity index (χ2v) is 7.17. The number of pyridine rings is 1. The van der Waals surface area contributed by atoms with E-state index in [1.165, 1.54) is 19.5 Å². The number of ether oxygens (including phenoxy) is 1. The number of esters is 1. The quantitative estimate of drug-likeness (QED) is 0.775. The number of halogens is 3. The van der Waals surface area contributed by atoms with Crippen LogP contribution in [0.3, 0.4) is 0 Å². The topological polar surface area (TPSA) is 68.3 Å². The maximum atomic E-state index is 12.2. The van der Waals surface area contributed by atoms with Crippen LogP contribution in [0.1, 0.15) is 50.0 Å². The summed E-state index contributed by atoms with van der Waals surface area (Å²) in [5.74, 6) is -0.743. The molecular weight excluding hydrogens is 375 g/mol. The lowest BCUT2D eigenvalue weighted by Gasteiger charge is -2.30. The first-order chi connectivity index (χ1) is 11.3. The number of carbonyl (C=O) groups excluding carboxylic acids is 2. The summed E-state index contributed by atoms with van der Waals surface area (Å²) in [6, 6.07) is 0.110. The molecule has 8 heteroatoms. The maximum Gasteiger partial charge on any atom is 0.359 e. The van der Waals surface area contributed by atoms with Gasteiger partial charge in [-0.2, -0.15) is 0 Å². The van der Waals surface area contributed by atoms with Crippen molar-refractivity contribution in [1.82, 2.24) is 10.3 Å². The molecule has 1 N–H and O–H groups in total. The average molecular weight is 394 g/mol. The van der Waals surface area contributed by atoms with Crippen molar-refractivity contribution in [2.24, 2.45) is 5.92 Å². The minimum Gasteiger partial charge on any atom is -0.448 e. The fourth-order valence-electron chi connectivity index (χ4n) is 2.69. The molecule has 0 radical (unpaired) electrons. The fraction of sp³-hybridized carbons (Fsp3) is 0.562. The third-order valence-electron chi connectivity index (χ3n) is 4.20. The molecule has 1 heterocycles. The number of amides is 1. The number of aromatic nitrogens is 1. The Morgan fingerprint density at radius 3 is 2.58 bits per heavy atom. The highest BCUT2D eigenvalue weighted by molar-refractivity contribution is 6.48. The van der Waals surface area contributed by atoms with Gasteiger partial charge in [0.25, 0.3) is 5.91 Å². The van der Waals surface area contributed by atoms with Crippen LogP contribution < -0.4 is 5.32 Å². The standard InChI is InChI=1S/C16H19Cl3N2O3/c1-8-5-3-4-6-11(8)21-15(22)9(2)24-16(23)14-13(19)12(18)10(17)7-20-14/h7-9,11H,3-6H2,1-2H3,(H,21,22)/t8-,9-,11+/m0/s1. The summed E-state index contributed by atoms with van der Waals surface area (Å²) in [7, 11) is 0. The lowest BCUT2D eigenvalue weighted by Crippen LogP contribution is -2.46. The van der Waals surface area contributed by atoms with Gasteiger partial charge in [0, 0.05) is 12.2 Å². The van der Waals surface area contributed by atoms with E-state index >= 15 is 0 Å². The first kappa shape index (κ1) is 19.3. The van der Waals surface area contributed by atoms with Crippen LogP contribution in [0.2, 0.25) is 15.1 Å². The Hall–Kier alpha value is -1.04. The van der Waals surface area contributed by atoms with Gasteiger partial charge in [-0.05, 0) is 25.7 Å². The molecule has 3 atom stereocenters. The predicted octanol–water partition coefficient (Wildman–Crippen LogP) is 4.28. The third kappa shape index (κ3) is 4.52. The molecule has 0 saturated heterocycles. The van der Waals surface area contributed by atoms with E-state index in [0.717, 1.165) is 19.3 Å². The lowest BCUT2D eigenvalue weighted by molar-refractivity contribution is -0.130. The van der Waals surface area contributed by atoms with Crippen molar-refractivity contribution in [2.45, 2.75) is 51.7 Å². The summed E-state index contributed by atoms with van der Waals surface area (Å²) in [6.45, 7) is 3.62. The fourth-order valence-corrected chi connectivity index (χ4v) is 3.24. The highest BCUT2D eigenvalue weighted by atomic mass is 35.5. The highest BCUT2D eigenvalue weighted by Gasteiger charge is 2.27. The Morgan fingerprint density at radius 1 is 1.25 bits per heavy atom. The van der Waals surface area contributed by atoms with Gasteiger partial charge in [-0.25, -0.2) is 9.78 Å². The summed E-state index contributed by atoms with van der Waals surface area (Å²) >= 11 is 17.6. The van der Waals surface area contributed by atoms with Crippen molar-refractivity contribution in [3.05, 3.63) is 27.0 Å². The number of nitrogens with one attached hydrogen (secondary N) is 1. The molecule has 1 aromatic heterocycles. The molecule has 1 aliphatic rings. The van der Waals surface area contributed by atoms with Crippen LogP contribution in [0, 0.1) is 5.92 Å². The Labute approximate surface area is 156 Å². The van der Waals surface area contributed by atoms with E-state index in [0.29, 0.717) is 5.92 Å². The molecule has 1 aromatic rings. The van der Waals surface area contributed by atoms with Crippen LogP contribution in [-0.4, -0.2) is 29.0 Å². The van der Waals surface area contributed by atoms with Gasteiger partial charge in [-0.3, -0.25) is 4.79 Å². The molecular formula is C16H19Cl3N2O3. The van der Waals surface area contributed by atoms with Gasteiger partial charge >= 0.3 is 5.97 Å². The molecule has 1 aliphatic carbocycles. The zero-order valence-electron chi connectivity index (χ0n) is 13.4. The second kappa shape index (κ2) is 8.37. The van der Waals surface area contributed by atoms with Crippen LogP contribution in [0.15, 0.2) is 6.20 Å². The summed E-state index contributed by atoms with van der Waals surface area (Å²) in [4.78, 5) is 28.2. The van der Waals surface area contributed by atoms with Gasteiger partial charge in [0.2, 0.25) is 0 Å². The Balaban J connectivity index is 1.98. The van der Waals surface area contributed by atoms with E-state index < -0.39 is 12.1 Å². The molecule has 1 fully saturated rings. The van der Waals surface area contributed by atoms with Crippen LogP contribution in [0.25, 0.3) is 0 Å². The van der Waals surface area contributed by atoms with E-state index in [1.807, 2.05) is 0 Å². The van der Waals surface area contributed by atoms with Gasteiger partial charge in [-0.1, -0.05) is 54.6 Å². The predicted molar refractivity (Wildman–Crippen MR) is 93.7 cm³/mol. The smallest absolute Gasteiger partial charge is 0.359 e. The second-order valence-electron chi connectivity index (χ2n) is 6.01. The van der Waals surface area contributed by atoms with Gasteiger partial charge in [0.15, 0.2) is 11.8 Å². The number of carbonyl (C=O) groups is 2. The first-order valence-electron chi connectivity index (χ1n) is 7.82. The van der Waals surface area contributed by atoms with Gasteiger partial charge in [0.1, 0.15) is 0 Å². The Kier molecular flexibility index (Phi) is 6.72. The van der Waals surface area contributed by atoms with Crippen LogP contribution in [-0.2, 0) is 9.53 Å². The molecule has 132 valence electrons. The number of hydrogen-bond acceptors (Lipinski definition) is 4. The highest BCUT2D eigenvalue weighted by Crippen LogP contribution is 2.31. The molecule has 1 amide bonds. The summed E-state index contributed by atoms with van der Waals surface area (Å²) in [5, 5.41) is 3.01. The van der Waals surface area contributed by atoms with E-state index in [4.69, 9.17) is 39.5 Å². The molecule has 0 spiro atoms. The average Bonchev–Trinajstić information content (AvgIpc) is 2.54. The third-order valence-corrected chi connectivity index (χ3v) is 5.44. The van der Waals surface area contributed by atoms with Crippen molar-refractivity contribution < 1.29 is 14.3 Å². The molecule has 2 rings (SSSR count). The molecule has 24 heavy (non-hydrogen) atoms. The van der Waals surface area contributed by atoms with Crippen LogP contribution >= 0.6 is 34.8 Å². The SMILES string of the molecule is C[C@H](OC(=O)c1ncc(Cl)c(Cl)c1Cl)C(=O)N[C@@H]1CCCC[C@@H]1C. The van der Waals surface area contributed by atoms with E-state index in [1.54, 1.807) is 0 Å². The summed E-state index contributed by atoms with van der Waals surface area (Å²) in [5.41, 5.74) is -0.170. The number of rotatable bonds is 4. The lowest BCUT2D eigenvalue weighted by atomic mass is 9.86. The van der Waals surface area contributed by atoms with Gasteiger partial charge < -0.3 is 10.1 Å². The van der Waals surface area contributed by atoms with Gasteiger partial charge in [0.05, 0.1) is 15.1 Å². The summed E-state index contributed by atoms with van der Waals surface area (Å²) < 4.78 is 5.15. The molecule has 0 aromatic carbocycles. The van der Waals surface area contributed by atoms with Gasteiger partial charge in [-0.15, -0.1) is 0 Å². The van der Waals surface area contributed by atoms with Crippen molar-refractivity contribution >= 4 is 46.7 Å². The minimum atomic E-state index is -0.959. The molecule has 0 bridgehead atoms. The molecule has 0 aliphatic heterocycles. The molecule has 0 unspecified atom stereocenters. The number of nitrogens with zero attached hydrogens (tertiary/aromatic N) is 1. The largest absolute Gasteiger partial charge is 0.448 e. The normalized spacial score (nSPS) is 21.9. The Bertz CT molecular complexity index is 639.